The second kappa shape index (κ2) is 7.78. The Kier molecular flexibility index (Phi) is 5.79. The molecule has 1 aromatic rings. The molecule has 148 valence electrons. The lowest BCUT2D eigenvalue weighted by atomic mass is 10.0. The average Bonchev–Trinajstić information content (AvgIpc) is 3.41. The Labute approximate surface area is 168 Å². The summed E-state index contributed by atoms with van der Waals surface area (Å²) in [5.74, 6) is -0.559. The van der Waals surface area contributed by atoms with E-state index in [2.05, 4.69) is 15.9 Å². The van der Waals surface area contributed by atoms with Gasteiger partial charge in [-0.25, -0.2) is 9.18 Å². The van der Waals surface area contributed by atoms with Crippen LogP contribution in [0.2, 0.25) is 0 Å². The van der Waals surface area contributed by atoms with Crippen molar-refractivity contribution in [2.45, 2.75) is 64.1 Å². The largest absolute Gasteiger partial charge is 0.444 e. The third-order valence-electron chi connectivity index (χ3n) is 4.85. The van der Waals surface area contributed by atoms with Crippen molar-refractivity contribution in [3.63, 3.8) is 0 Å². The fourth-order valence-corrected chi connectivity index (χ4v) is 3.66. The van der Waals surface area contributed by atoms with E-state index in [9.17, 15) is 14.0 Å². The Morgan fingerprint density at radius 2 is 1.74 bits per heavy atom. The molecule has 1 aliphatic heterocycles. The summed E-state index contributed by atoms with van der Waals surface area (Å²) in [6.45, 7) is 6.67. The van der Waals surface area contributed by atoms with Crippen molar-refractivity contribution in [1.29, 1.82) is 0 Å². The van der Waals surface area contributed by atoms with Crippen LogP contribution in [-0.4, -0.2) is 52.6 Å². The van der Waals surface area contributed by atoms with Gasteiger partial charge >= 0.3 is 6.09 Å². The van der Waals surface area contributed by atoms with E-state index in [1.54, 1.807) is 17.0 Å². The van der Waals surface area contributed by atoms with Crippen LogP contribution in [0.1, 0.15) is 56.8 Å². The Balaban J connectivity index is 1.66. The molecule has 5 nitrogen and oxygen atoms in total. The van der Waals surface area contributed by atoms with Crippen LogP contribution >= 0.6 is 15.9 Å². The lowest BCUT2D eigenvalue weighted by Gasteiger charge is -2.39. The Bertz CT molecular complexity index is 722. The third-order valence-corrected chi connectivity index (χ3v) is 5.49. The van der Waals surface area contributed by atoms with Gasteiger partial charge in [0.15, 0.2) is 0 Å². The molecule has 0 unspecified atom stereocenters. The number of piperidine rings is 1. The van der Waals surface area contributed by atoms with Gasteiger partial charge in [0.25, 0.3) is 5.91 Å². The summed E-state index contributed by atoms with van der Waals surface area (Å²) >= 11 is 3.12. The molecule has 0 spiro atoms. The zero-order chi connectivity index (χ0) is 19.8. The zero-order valence-electron chi connectivity index (χ0n) is 16.0. The highest BCUT2D eigenvalue weighted by molar-refractivity contribution is 9.10. The quantitative estimate of drug-likeness (QED) is 0.690. The van der Waals surface area contributed by atoms with Gasteiger partial charge in [0, 0.05) is 30.7 Å². The number of nitrogens with zero attached hydrogens (tertiary/aromatic N) is 2. The maximum absolute atomic E-state index is 13.9. The molecule has 27 heavy (non-hydrogen) atoms. The van der Waals surface area contributed by atoms with E-state index < -0.39 is 11.4 Å². The Morgan fingerprint density at radius 3 is 2.26 bits per heavy atom. The number of hydrogen-bond donors (Lipinski definition) is 0. The predicted molar refractivity (Wildman–Crippen MR) is 104 cm³/mol. The minimum atomic E-state index is -0.518. The summed E-state index contributed by atoms with van der Waals surface area (Å²) < 4.78 is 19.6. The van der Waals surface area contributed by atoms with Crippen molar-refractivity contribution in [2.24, 2.45) is 0 Å². The second-order valence-corrected chi connectivity index (χ2v) is 9.13. The van der Waals surface area contributed by atoms with E-state index in [4.69, 9.17) is 4.74 Å². The highest BCUT2D eigenvalue weighted by atomic mass is 79.9. The molecule has 3 rings (SSSR count). The van der Waals surface area contributed by atoms with Gasteiger partial charge in [-0.3, -0.25) is 4.79 Å². The summed E-state index contributed by atoms with van der Waals surface area (Å²) in [7, 11) is 0. The summed E-state index contributed by atoms with van der Waals surface area (Å²) in [5, 5.41) is 0. The lowest BCUT2D eigenvalue weighted by Crippen LogP contribution is -2.50. The van der Waals surface area contributed by atoms with E-state index in [-0.39, 0.29) is 24.1 Å². The molecular formula is C20H26BrFN2O3. The van der Waals surface area contributed by atoms with Gasteiger partial charge in [-0.1, -0.05) is 0 Å². The van der Waals surface area contributed by atoms with Crippen molar-refractivity contribution in [2.75, 3.05) is 13.1 Å². The molecule has 2 fully saturated rings. The Morgan fingerprint density at radius 1 is 1.15 bits per heavy atom. The number of carbonyl (C=O) groups is 2. The first kappa shape index (κ1) is 20.1. The first-order valence-electron chi connectivity index (χ1n) is 9.41. The highest BCUT2D eigenvalue weighted by Crippen LogP contribution is 2.34. The van der Waals surface area contributed by atoms with Crippen molar-refractivity contribution < 1.29 is 18.7 Å². The summed E-state index contributed by atoms with van der Waals surface area (Å²) in [6, 6.07) is 4.80. The number of hydrogen-bond acceptors (Lipinski definition) is 3. The highest BCUT2D eigenvalue weighted by Gasteiger charge is 2.40. The lowest BCUT2D eigenvalue weighted by molar-refractivity contribution is 0.0142. The summed E-state index contributed by atoms with van der Waals surface area (Å²) in [5.41, 5.74) is -0.146. The first-order valence-corrected chi connectivity index (χ1v) is 10.2. The number of likely N-dealkylation sites (tertiary alicyclic amines) is 1. The fraction of sp³-hybridized carbons (Fsp3) is 0.600. The molecule has 0 bridgehead atoms. The van der Waals surface area contributed by atoms with Crippen LogP contribution < -0.4 is 0 Å². The molecular weight excluding hydrogens is 415 g/mol. The second-order valence-electron chi connectivity index (χ2n) is 8.27. The average molecular weight is 441 g/mol. The standard InChI is InChI=1S/C20H26BrFN2O3/c1-20(2,3)27-19(26)23-10-8-15(9-11-23)24(14-5-6-14)18(25)13-4-7-16(21)17(22)12-13/h4,7,12,14-15H,5-6,8-11H2,1-3H3. The van der Waals surface area contributed by atoms with Gasteiger partial charge in [0.05, 0.1) is 4.47 Å². The molecule has 1 saturated heterocycles. The van der Waals surface area contributed by atoms with E-state index in [1.165, 1.54) is 6.07 Å². The van der Waals surface area contributed by atoms with Crippen molar-refractivity contribution in [3.05, 3.63) is 34.1 Å². The van der Waals surface area contributed by atoms with Gasteiger partial charge in [-0.05, 0) is 80.6 Å². The van der Waals surface area contributed by atoms with Crippen molar-refractivity contribution >= 4 is 27.9 Å². The van der Waals surface area contributed by atoms with Crippen LogP contribution in [0, 0.1) is 5.82 Å². The predicted octanol–water partition coefficient (Wildman–Crippen LogP) is 4.59. The summed E-state index contributed by atoms with van der Waals surface area (Å²) in [6.07, 6.45) is 3.08. The molecule has 2 aliphatic rings. The van der Waals surface area contributed by atoms with Crippen LogP contribution in [-0.2, 0) is 4.74 Å². The number of amides is 2. The van der Waals surface area contributed by atoms with Gasteiger partial charge < -0.3 is 14.5 Å². The van der Waals surface area contributed by atoms with Gasteiger partial charge in [0.2, 0.25) is 0 Å². The van der Waals surface area contributed by atoms with Crippen LogP contribution in [0.5, 0.6) is 0 Å². The number of halogens is 2. The molecule has 2 amide bonds. The molecule has 1 saturated carbocycles. The number of ether oxygens (including phenoxy) is 1. The van der Waals surface area contributed by atoms with Gasteiger partial charge in [0.1, 0.15) is 11.4 Å². The fourth-order valence-electron chi connectivity index (χ4n) is 3.41. The molecule has 1 aromatic carbocycles. The smallest absolute Gasteiger partial charge is 0.410 e. The molecule has 0 N–H and O–H groups in total. The Hall–Kier alpha value is -1.63. The molecule has 7 heteroatoms. The van der Waals surface area contributed by atoms with Gasteiger partial charge in [-0.2, -0.15) is 0 Å². The van der Waals surface area contributed by atoms with E-state index >= 15 is 0 Å². The number of rotatable bonds is 3. The van der Waals surface area contributed by atoms with Crippen LogP contribution in [0.25, 0.3) is 0 Å². The molecule has 1 heterocycles. The monoisotopic (exact) mass is 440 g/mol. The zero-order valence-corrected chi connectivity index (χ0v) is 17.6. The topological polar surface area (TPSA) is 49.9 Å². The van der Waals surface area contributed by atoms with Gasteiger partial charge in [-0.15, -0.1) is 0 Å². The maximum Gasteiger partial charge on any atom is 0.410 e. The van der Waals surface area contributed by atoms with Crippen LogP contribution in [0.4, 0.5) is 9.18 Å². The molecule has 0 aromatic heterocycles. The van der Waals surface area contributed by atoms with Crippen molar-refractivity contribution in [3.8, 4) is 0 Å². The SMILES string of the molecule is CC(C)(C)OC(=O)N1CCC(N(C(=O)c2ccc(Br)c(F)c2)C2CC2)CC1. The number of carbonyl (C=O) groups excluding carboxylic acids is 2. The van der Waals surface area contributed by atoms with Crippen LogP contribution in [0.15, 0.2) is 22.7 Å². The minimum absolute atomic E-state index is 0.0652. The summed E-state index contributed by atoms with van der Waals surface area (Å²) in [4.78, 5) is 28.9. The van der Waals surface area contributed by atoms with E-state index in [0.29, 0.717) is 36.0 Å². The number of benzene rings is 1. The first-order chi connectivity index (χ1) is 12.7. The van der Waals surface area contributed by atoms with E-state index in [1.807, 2.05) is 25.7 Å². The molecule has 0 radical (unpaired) electrons. The third kappa shape index (κ3) is 5.00. The maximum atomic E-state index is 13.9. The molecule has 1 aliphatic carbocycles. The minimum Gasteiger partial charge on any atom is -0.444 e. The normalized spacial score (nSPS) is 18.3. The van der Waals surface area contributed by atoms with E-state index in [0.717, 1.165) is 12.8 Å². The molecule has 0 atom stereocenters. The van der Waals surface area contributed by atoms with Crippen LogP contribution in [0.3, 0.4) is 0 Å². The van der Waals surface area contributed by atoms with Crippen molar-refractivity contribution in [1.82, 2.24) is 9.80 Å².